The average Bonchev–Trinajstić information content (AvgIpc) is 2.29. The first-order chi connectivity index (χ1) is 7.65. The largest absolute Gasteiger partial charge is 0.478 e. The molecule has 1 aliphatic heterocycles. The first-order valence-electron chi connectivity index (χ1n) is 5.49. The van der Waals surface area contributed by atoms with Gasteiger partial charge in [-0.1, -0.05) is 19.4 Å². The maximum Gasteiger partial charge on any atom is 0.410 e. The molecule has 1 rings (SSSR count). The van der Waals surface area contributed by atoms with Crippen molar-refractivity contribution in [1.82, 2.24) is 4.90 Å². The summed E-state index contributed by atoms with van der Waals surface area (Å²) in [6.07, 6.45) is 3.44. The summed E-state index contributed by atoms with van der Waals surface area (Å²) in [5, 5.41) is 8.73. The Morgan fingerprint density at radius 1 is 1.56 bits per heavy atom. The molecule has 0 aromatic rings. The van der Waals surface area contributed by atoms with Gasteiger partial charge < -0.3 is 14.7 Å². The summed E-state index contributed by atoms with van der Waals surface area (Å²) in [7, 11) is 0. The zero-order chi connectivity index (χ0) is 12.0. The predicted octanol–water partition coefficient (Wildman–Crippen LogP) is 1.64. The SMILES string of the molecule is CCCCOC(=O)N1CC=C(C(=O)O)CC1. The van der Waals surface area contributed by atoms with E-state index in [9.17, 15) is 9.59 Å². The fourth-order valence-electron chi connectivity index (χ4n) is 1.42. The number of carboxylic acid groups (broad SMARTS) is 1. The molecular weight excluding hydrogens is 210 g/mol. The van der Waals surface area contributed by atoms with E-state index < -0.39 is 5.97 Å². The molecule has 0 saturated carbocycles. The Hall–Kier alpha value is -1.52. The van der Waals surface area contributed by atoms with Gasteiger partial charge in [-0.2, -0.15) is 0 Å². The molecule has 1 amide bonds. The number of nitrogens with zero attached hydrogens (tertiary/aromatic N) is 1. The van der Waals surface area contributed by atoms with Crippen molar-refractivity contribution in [3.05, 3.63) is 11.6 Å². The van der Waals surface area contributed by atoms with Crippen LogP contribution in [0.15, 0.2) is 11.6 Å². The standard InChI is InChI=1S/C11H17NO4/c1-2-3-8-16-11(15)12-6-4-9(5-7-12)10(13)14/h4H,2-3,5-8H2,1H3,(H,13,14). The monoisotopic (exact) mass is 227 g/mol. The number of ether oxygens (including phenoxy) is 1. The first-order valence-corrected chi connectivity index (χ1v) is 5.49. The third kappa shape index (κ3) is 3.56. The van der Waals surface area contributed by atoms with Gasteiger partial charge in [0.2, 0.25) is 0 Å². The van der Waals surface area contributed by atoms with E-state index in [-0.39, 0.29) is 6.09 Å². The zero-order valence-electron chi connectivity index (χ0n) is 9.44. The van der Waals surface area contributed by atoms with Crippen molar-refractivity contribution in [2.45, 2.75) is 26.2 Å². The maximum absolute atomic E-state index is 11.5. The van der Waals surface area contributed by atoms with E-state index in [1.165, 1.54) is 4.90 Å². The summed E-state index contributed by atoms with van der Waals surface area (Å²) in [6, 6.07) is 0. The quantitative estimate of drug-likeness (QED) is 0.741. The van der Waals surface area contributed by atoms with E-state index in [0.29, 0.717) is 31.7 Å². The van der Waals surface area contributed by atoms with Crippen molar-refractivity contribution in [2.24, 2.45) is 0 Å². The summed E-state index contributed by atoms with van der Waals surface area (Å²) in [6.45, 7) is 3.20. The molecule has 0 radical (unpaired) electrons. The fraction of sp³-hybridized carbons (Fsp3) is 0.636. The van der Waals surface area contributed by atoms with Crippen molar-refractivity contribution in [3.63, 3.8) is 0 Å². The molecule has 0 aliphatic carbocycles. The number of hydrogen-bond donors (Lipinski definition) is 1. The molecule has 0 bridgehead atoms. The average molecular weight is 227 g/mol. The van der Waals surface area contributed by atoms with E-state index in [4.69, 9.17) is 9.84 Å². The fourth-order valence-corrected chi connectivity index (χ4v) is 1.42. The van der Waals surface area contributed by atoms with Crippen LogP contribution in [-0.2, 0) is 9.53 Å². The van der Waals surface area contributed by atoms with Crippen LogP contribution >= 0.6 is 0 Å². The number of amides is 1. The molecule has 1 aliphatic rings. The van der Waals surface area contributed by atoms with Gasteiger partial charge in [0.05, 0.1) is 6.61 Å². The summed E-state index contributed by atoms with van der Waals surface area (Å²) >= 11 is 0. The normalized spacial score (nSPS) is 15.6. The van der Waals surface area contributed by atoms with Crippen LogP contribution in [0.1, 0.15) is 26.2 Å². The van der Waals surface area contributed by atoms with Crippen molar-refractivity contribution >= 4 is 12.1 Å². The number of rotatable bonds is 4. The number of aliphatic carboxylic acids is 1. The highest BCUT2D eigenvalue weighted by Crippen LogP contribution is 2.11. The Morgan fingerprint density at radius 2 is 2.31 bits per heavy atom. The summed E-state index contributed by atoms with van der Waals surface area (Å²) < 4.78 is 5.03. The van der Waals surface area contributed by atoms with Gasteiger partial charge in [-0.15, -0.1) is 0 Å². The Balaban J connectivity index is 2.35. The van der Waals surface area contributed by atoms with Crippen LogP contribution in [0, 0.1) is 0 Å². The molecule has 0 saturated heterocycles. The van der Waals surface area contributed by atoms with Gasteiger partial charge in [0.1, 0.15) is 0 Å². The number of carboxylic acids is 1. The summed E-state index contributed by atoms with van der Waals surface area (Å²) in [4.78, 5) is 23.6. The summed E-state index contributed by atoms with van der Waals surface area (Å²) in [5.41, 5.74) is 0.373. The highest BCUT2D eigenvalue weighted by molar-refractivity contribution is 5.87. The molecule has 5 nitrogen and oxygen atoms in total. The van der Waals surface area contributed by atoms with Gasteiger partial charge in [-0.3, -0.25) is 0 Å². The van der Waals surface area contributed by atoms with Crippen molar-refractivity contribution in [2.75, 3.05) is 19.7 Å². The highest BCUT2D eigenvalue weighted by Gasteiger charge is 2.20. The molecule has 0 aromatic carbocycles. The lowest BCUT2D eigenvalue weighted by atomic mass is 10.1. The molecule has 5 heteroatoms. The second kappa shape index (κ2) is 6.15. The molecule has 16 heavy (non-hydrogen) atoms. The van der Waals surface area contributed by atoms with Crippen LogP contribution in [0.3, 0.4) is 0 Å². The van der Waals surface area contributed by atoms with Gasteiger partial charge in [-0.25, -0.2) is 9.59 Å². The lowest BCUT2D eigenvalue weighted by Crippen LogP contribution is -2.36. The van der Waals surface area contributed by atoms with Crippen LogP contribution in [0.5, 0.6) is 0 Å². The Labute approximate surface area is 94.7 Å². The van der Waals surface area contributed by atoms with Crippen LogP contribution in [0.25, 0.3) is 0 Å². The Morgan fingerprint density at radius 3 is 2.81 bits per heavy atom. The van der Waals surface area contributed by atoms with Crippen LogP contribution in [-0.4, -0.2) is 41.8 Å². The van der Waals surface area contributed by atoms with Crippen LogP contribution in [0.4, 0.5) is 4.79 Å². The molecule has 0 atom stereocenters. The second-order valence-electron chi connectivity index (χ2n) is 3.70. The first kappa shape index (κ1) is 12.5. The third-order valence-electron chi connectivity index (χ3n) is 2.47. The lowest BCUT2D eigenvalue weighted by molar-refractivity contribution is -0.133. The molecular formula is C11H17NO4. The molecule has 0 fully saturated rings. The summed E-state index contributed by atoms with van der Waals surface area (Å²) in [5.74, 6) is -0.904. The second-order valence-corrected chi connectivity index (χ2v) is 3.70. The zero-order valence-corrected chi connectivity index (χ0v) is 9.44. The minimum absolute atomic E-state index is 0.326. The highest BCUT2D eigenvalue weighted by atomic mass is 16.6. The predicted molar refractivity (Wildman–Crippen MR) is 58.2 cm³/mol. The van der Waals surface area contributed by atoms with E-state index in [2.05, 4.69) is 0 Å². The number of carbonyl (C=O) groups excluding carboxylic acids is 1. The molecule has 0 unspecified atom stereocenters. The van der Waals surface area contributed by atoms with Crippen molar-refractivity contribution in [1.29, 1.82) is 0 Å². The van der Waals surface area contributed by atoms with E-state index >= 15 is 0 Å². The van der Waals surface area contributed by atoms with Crippen LogP contribution < -0.4 is 0 Å². The van der Waals surface area contributed by atoms with Gasteiger partial charge in [0.15, 0.2) is 0 Å². The lowest BCUT2D eigenvalue weighted by Gasteiger charge is -2.24. The van der Waals surface area contributed by atoms with Crippen molar-refractivity contribution < 1.29 is 19.4 Å². The smallest absolute Gasteiger partial charge is 0.410 e. The maximum atomic E-state index is 11.5. The van der Waals surface area contributed by atoms with E-state index in [0.717, 1.165) is 12.8 Å². The van der Waals surface area contributed by atoms with Gasteiger partial charge in [0, 0.05) is 18.7 Å². The Kier molecular flexibility index (Phi) is 4.82. The topological polar surface area (TPSA) is 66.8 Å². The minimum atomic E-state index is -0.904. The van der Waals surface area contributed by atoms with Gasteiger partial charge in [0.25, 0.3) is 0 Å². The van der Waals surface area contributed by atoms with E-state index in [1.807, 2.05) is 6.92 Å². The number of unbranched alkanes of at least 4 members (excludes halogenated alkanes) is 1. The molecule has 1 heterocycles. The third-order valence-corrected chi connectivity index (χ3v) is 2.47. The number of hydrogen-bond acceptors (Lipinski definition) is 3. The molecule has 90 valence electrons. The van der Waals surface area contributed by atoms with Gasteiger partial charge >= 0.3 is 12.1 Å². The van der Waals surface area contributed by atoms with Crippen LogP contribution in [0.2, 0.25) is 0 Å². The molecule has 0 aromatic heterocycles. The van der Waals surface area contributed by atoms with Crippen molar-refractivity contribution in [3.8, 4) is 0 Å². The minimum Gasteiger partial charge on any atom is -0.478 e. The molecule has 1 N–H and O–H groups in total. The van der Waals surface area contributed by atoms with E-state index in [1.54, 1.807) is 6.08 Å². The number of carbonyl (C=O) groups is 2. The molecule has 0 spiro atoms. The van der Waals surface area contributed by atoms with Gasteiger partial charge in [-0.05, 0) is 12.8 Å². The Bertz CT molecular complexity index is 298.